The van der Waals surface area contributed by atoms with Gasteiger partial charge in [0.25, 0.3) is 0 Å². The van der Waals surface area contributed by atoms with Gasteiger partial charge in [-0.3, -0.25) is 4.79 Å². The lowest BCUT2D eigenvalue weighted by Gasteiger charge is -2.14. The summed E-state index contributed by atoms with van der Waals surface area (Å²) >= 11 is 0. The molecule has 1 aliphatic heterocycles. The summed E-state index contributed by atoms with van der Waals surface area (Å²) in [6.45, 7) is 1.81. The number of tetrazole rings is 1. The minimum absolute atomic E-state index is 0.0292. The van der Waals surface area contributed by atoms with Crippen LogP contribution in [0.5, 0.6) is 0 Å². The Bertz CT molecular complexity index is 329. The maximum Gasteiger partial charge on any atom is 0.244 e. The van der Waals surface area contributed by atoms with Crippen molar-refractivity contribution >= 4 is 11.9 Å². The van der Waals surface area contributed by atoms with Crippen LogP contribution in [0, 0.1) is 0 Å². The standard InChI is InChI=1S/C7H12N6O/c8-7-9-10-11-13(7)5-6(14)12-3-1-2-4-12/h1-5H2,(H2,8,9,11). The summed E-state index contributed by atoms with van der Waals surface area (Å²) < 4.78 is 1.31. The van der Waals surface area contributed by atoms with Crippen LogP contribution < -0.4 is 5.73 Å². The Morgan fingerprint density at radius 1 is 1.43 bits per heavy atom. The topological polar surface area (TPSA) is 89.9 Å². The smallest absolute Gasteiger partial charge is 0.244 e. The van der Waals surface area contributed by atoms with Crippen LogP contribution in [-0.2, 0) is 11.3 Å². The first kappa shape index (κ1) is 8.92. The maximum atomic E-state index is 11.6. The Kier molecular flexibility index (Phi) is 2.30. The molecule has 1 amide bonds. The average Bonchev–Trinajstić information content (AvgIpc) is 2.77. The molecule has 0 aliphatic carbocycles. The van der Waals surface area contributed by atoms with Crippen molar-refractivity contribution in [3.05, 3.63) is 0 Å². The number of hydrogen-bond acceptors (Lipinski definition) is 5. The minimum atomic E-state index is 0.0292. The van der Waals surface area contributed by atoms with Crippen molar-refractivity contribution in [1.29, 1.82) is 0 Å². The molecule has 0 radical (unpaired) electrons. The van der Waals surface area contributed by atoms with Crippen LogP contribution in [0.15, 0.2) is 0 Å². The number of anilines is 1. The summed E-state index contributed by atoms with van der Waals surface area (Å²) in [7, 11) is 0. The van der Waals surface area contributed by atoms with E-state index in [1.165, 1.54) is 4.68 Å². The highest BCUT2D eigenvalue weighted by Gasteiger charge is 2.19. The van der Waals surface area contributed by atoms with Gasteiger partial charge in [-0.05, 0) is 23.3 Å². The number of hydrogen-bond donors (Lipinski definition) is 1. The summed E-state index contributed by atoms with van der Waals surface area (Å²) in [6, 6.07) is 0. The predicted molar refractivity (Wildman–Crippen MR) is 48.0 cm³/mol. The second kappa shape index (κ2) is 3.60. The Balaban J connectivity index is 1.97. The lowest BCUT2D eigenvalue weighted by Crippen LogP contribution is -2.31. The number of nitrogens with zero attached hydrogens (tertiary/aromatic N) is 5. The van der Waals surface area contributed by atoms with E-state index in [0.717, 1.165) is 25.9 Å². The predicted octanol–water partition coefficient (Wildman–Crippen LogP) is -1.12. The van der Waals surface area contributed by atoms with Crippen LogP contribution in [0.2, 0.25) is 0 Å². The number of amides is 1. The molecular weight excluding hydrogens is 184 g/mol. The van der Waals surface area contributed by atoms with E-state index in [1.54, 1.807) is 4.90 Å². The zero-order valence-corrected chi connectivity index (χ0v) is 7.76. The quantitative estimate of drug-likeness (QED) is 0.647. The molecule has 2 rings (SSSR count). The Morgan fingerprint density at radius 2 is 2.14 bits per heavy atom. The molecule has 1 saturated heterocycles. The molecule has 2 N–H and O–H groups in total. The van der Waals surface area contributed by atoms with Crippen molar-refractivity contribution < 1.29 is 4.79 Å². The van der Waals surface area contributed by atoms with E-state index in [-0.39, 0.29) is 18.4 Å². The van der Waals surface area contributed by atoms with E-state index in [1.807, 2.05) is 0 Å². The second-order valence-corrected chi connectivity index (χ2v) is 3.28. The molecule has 1 fully saturated rings. The van der Waals surface area contributed by atoms with Crippen molar-refractivity contribution in [1.82, 2.24) is 25.1 Å². The fourth-order valence-corrected chi connectivity index (χ4v) is 1.52. The summed E-state index contributed by atoms with van der Waals surface area (Å²) in [6.07, 6.45) is 2.16. The van der Waals surface area contributed by atoms with E-state index in [4.69, 9.17) is 5.73 Å². The van der Waals surface area contributed by atoms with Crippen LogP contribution in [-0.4, -0.2) is 44.1 Å². The molecule has 1 aliphatic rings. The van der Waals surface area contributed by atoms with E-state index >= 15 is 0 Å². The summed E-state index contributed by atoms with van der Waals surface area (Å²) in [5.41, 5.74) is 5.44. The first-order valence-corrected chi connectivity index (χ1v) is 4.57. The fraction of sp³-hybridized carbons (Fsp3) is 0.714. The van der Waals surface area contributed by atoms with Crippen molar-refractivity contribution in [2.45, 2.75) is 19.4 Å². The molecule has 14 heavy (non-hydrogen) atoms. The highest BCUT2D eigenvalue weighted by molar-refractivity contribution is 5.76. The largest absolute Gasteiger partial charge is 0.367 e. The van der Waals surface area contributed by atoms with Gasteiger partial charge in [-0.2, -0.15) is 0 Å². The van der Waals surface area contributed by atoms with Crippen LogP contribution in [0.1, 0.15) is 12.8 Å². The molecule has 0 atom stereocenters. The first-order valence-electron chi connectivity index (χ1n) is 4.57. The molecule has 1 aromatic heterocycles. The Labute approximate surface area is 80.9 Å². The van der Waals surface area contributed by atoms with Gasteiger partial charge >= 0.3 is 0 Å². The SMILES string of the molecule is Nc1nnnn1CC(=O)N1CCCC1. The maximum absolute atomic E-state index is 11.6. The van der Waals surface area contributed by atoms with Crippen LogP contribution in [0.25, 0.3) is 0 Å². The first-order chi connectivity index (χ1) is 6.77. The third-order valence-corrected chi connectivity index (χ3v) is 2.30. The van der Waals surface area contributed by atoms with Gasteiger partial charge in [0.05, 0.1) is 0 Å². The van der Waals surface area contributed by atoms with Crippen molar-refractivity contribution in [2.75, 3.05) is 18.8 Å². The van der Waals surface area contributed by atoms with Crippen LogP contribution in [0.4, 0.5) is 5.95 Å². The average molecular weight is 196 g/mol. The van der Waals surface area contributed by atoms with Crippen molar-refractivity contribution in [2.24, 2.45) is 0 Å². The lowest BCUT2D eigenvalue weighted by molar-refractivity contribution is -0.130. The molecule has 0 unspecified atom stereocenters. The van der Waals surface area contributed by atoms with E-state index in [2.05, 4.69) is 15.5 Å². The van der Waals surface area contributed by atoms with Gasteiger partial charge in [0.2, 0.25) is 11.9 Å². The normalized spacial score (nSPS) is 16.1. The van der Waals surface area contributed by atoms with Gasteiger partial charge in [-0.15, -0.1) is 0 Å². The van der Waals surface area contributed by atoms with E-state index < -0.39 is 0 Å². The summed E-state index contributed by atoms with van der Waals surface area (Å²) in [5.74, 6) is 0.207. The molecule has 0 aromatic carbocycles. The third kappa shape index (κ3) is 1.66. The third-order valence-electron chi connectivity index (χ3n) is 2.30. The zero-order valence-electron chi connectivity index (χ0n) is 7.76. The number of nitrogens with two attached hydrogens (primary N) is 1. The highest BCUT2D eigenvalue weighted by Crippen LogP contribution is 2.08. The number of carbonyl (C=O) groups excluding carboxylic acids is 1. The molecule has 7 heteroatoms. The van der Waals surface area contributed by atoms with Gasteiger partial charge in [0, 0.05) is 13.1 Å². The molecule has 0 saturated carbocycles. The van der Waals surface area contributed by atoms with E-state index in [0.29, 0.717) is 0 Å². The fourth-order valence-electron chi connectivity index (χ4n) is 1.52. The summed E-state index contributed by atoms with van der Waals surface area (Å²) in [5, 5.41) is 10.5. The lowest BCUT2D eigenvalue weighted by atomic mass is 10.4. The number of likely N-dealkylation sites (tertiary alicyclic amines) is 1. The molecular formula is C7H12N6O. The monoisotopic (exact) mass is 196 g/mol. The molecule has 76 valence electrons. The van der Waals surface area contributed by atoms with Gasteiger partial charge < -0.3 is 10.6 Å². The molecule has 0 bridgehead atoms. The number of rotatable bonds is 2. The molecule has 1 aromatic rings. The number of aromatic nitrogens is 4. The van der Waals surface area contributed by atoms with Crippen LogP contribution in [0.3, 0.4) is 0 Å². The molecule has 0 spiro atoms. The molecule has 2 heterocycles. The second-order valence-electron chi connectivity index (χ2n) is 3.28. The number of nitrogen functional groups attached to an aromatic ring is 1. The minimum Gasteiger partial charge on any atom is -0.367 e. The van der Waals surface area contributed by atoms with Crippen molar-refractivity contribution in [3.63, 3.8) is 0 Å². The highest BCUT2D eigenvalue weighted by atomic mass is 16.2. The Hall–Kier alpha value is -1.66. The Morgan fingerprint density at radius 3 is 2.71 bits per heavy atom. The zero-order chi connectivity index (χ0) is 9.97. The van der Waals surface area contributed by atoms with Gasteiger partial charge in [-0.25, -0.2) is 4.68 Å². The van der Waals surface area contributed by atoms with Crippen LogP contribution >= 0.6 is 0 Å². The number of carbonyl (C=O) groups is 1. The van der Waals surface area contributed by atoms with Gasteiger partial charge in [0.15, 0.2) is 0 Å². The summed E-state index contributed by atoms with van der Waals surface area (Å²) in [4.78, 5) is 13.4. The van der Waals surface area contributed by atoms with Gasteiger partial charge in [-0.1, -0.05) is 5.10 Å². The van der Waals surface area contributed by atoms with E-state index in [9.17, 15) is 4.79 Å². The molecule has 7 nitrogen and oxygen atoms in total. The van der Waals surface area contributed by atoms with Gasteiger partial charge in [0.1, 0.15) is 6.54 Å². The van der Waals surface area contributed by atoms with Crippen molar-refractivity contribution in [3.8, 4) is 0 Å².